The Labute approximate surface area is 192 Å². The van der Waals surface area contributed by atoms with Crippen LogP contribution in [0.15, 0.2) is 59.1 Å². The van der Waals surface area contributed by atoms with Gasteiger partial charge >= 0.3 is 0 Å². The molecule has 2 aliphatic heterocycles. The Balaban J connectivity index is 1.17. The molecule has 1 aromatic heterocycles. The molecule has 2 aromatic carbocycles. The van der Waals surface area contributed by atoms with E-state index in [0.29, 0.717) is 37.8 Å². The fourth-order valence-corrected chi connectivity index (χ4v) is 4.51. The molecule has 0 bridgehead atoms. The van der Waals surface area contributed by atoms with E-state index in [1.54, 1.807) is 4.90 Å². The summed E-state index contributed by atoms with van der Waals surface area (Å²) in [4.78, 5) is 35.9. The van der Waals surface area contributed by atoms with Gasteiger partial charge in [-0.25, -0.2) is 0 Å². The molecule has 5 rings (SSSR count). The Morgan fingerprint density at radius 1 is 1.00 bits per heavy atom. The summed E-state index contributed by atoms with van der Waals surface area (Å²) >= 11 is 0. The summed E-state index contributed by atoms with van der Waals surface area (Å²) in [5.74, 6) is 1.06. The maximum atomic E-state index is 13.1. The molecule has 0 saturated carbocycles. The van der Waals surface area contributed by atoms with Crippen molar-refractivity contribution in [3.63, 3.8) is 0 Å². The third-order valence-corrected chi connectivity index (χ3v) is 6.39. The van der Waals surface area contributed by atoms with Crippen LogP contribution in [0.5, 0.6) is 0 Å². The number of anilines is 2. The van der Waals surface area contributed by atoms with E-state index >= 15 is 0 Å². The van der Waals surface area contributed by atoms with Crippen molar-refractivity contribution in [1.29, 1.82) is 0 Å². The van der Waals surface area contributed by atoms with Gasteiger partial charge < -0.3 is 19.2 Å². The molecule has 8 heteroatoms. The lowest BCUT2D eigenvalue weighted by Gasteiger charge is -2.37. The van der Waals surface area contributed by atoms with Crippen molar-refractivity contribution in [2.75, 3.05) is 42.5 Å². The number of hydrogen-bond donors (Lipinski definition) is 0. The standard InChI is InChI=1S/C25H27N5O3/c1-2-22-26-24(27-33-22)18-8-10-20(11-9-18)28-12-14-29(15-13-28)25(32)19-16-23(31)30(17-19)21-6-4-3-5-7-21/h3-11,19H,2,12-17H2,1H3/t19-/m0/s1. The fourth-order valence-electron chi connectivity index (χ4n) is 4.51. The maximum absolute atomic E-state index is 13.1. The summed E-state index contributed by atoms with van der Waals surface area (Å²) in [6, 6.07) is 17.7. The van der Waals surface area contributed by atoms with Crippen molar-refractivity contribution in [2.24, 2.45) is 5.92 Å². The van der Waals surface area contributed by atoms with Crippen molar-refractivity contribution >= 4 is 23.2 Å². The van der Waals surface area contributed by atoms with Gasteiger partial charge in [0, 0.05) is 62.5 Å². The number of carbonyl (C=O) groups excluding carboxylic acids is 2. The van der Waals surface area contributed by atoms with Gasteiger partial charge in [-0.3, -0.25) is 9.59 Å². The molecule has 3 aromatic rings. The third kappa shape index (κ3) is 4.33. The first-order valence-corrected chi connectivity index (χ1v) is 11.4. The zero-order chi connectivity index (χ0) is 22.8. The Kier molecular flexibility index (Phi) is 5.81. The van der Waals surface area contributed by atoms with Crippen LogP contribution in [0, 0.1) is 5.92 Å². The second kappa shape index (κ2) is 9.05. The van der Waals surface area contributed by atoms with E-state index in [-0.39, 0.29) is 24.2 Å². The van der Waals surface area contributed by atoms with Crippen LogP contribution in [0.25, 0.3) is 11.4 Å². The molecule has 2 saturated heterocycles. The number of carbonyl (C=O) groups is 2. The Bertz CT molecular complexity index is 1120. The maximum Gasteiger partial charge on any atom is 0.228 e. The molecule has 170 valence electrons. The number of hydrogen-bond acceptors (Lipinski definition) is 6. The topological polar surface area (TPSA) is 82.8 Å². The smallest absolute Gasteiger partial charge is 0.228 e. The van der Waals surface area contributed by atoms with Gasteiger partial charge in [0.2, 0.25) is 23.5 Å². The van der Waals surface area contributed by atoms with Gasteiger partial charge in [0.05, 0.1) is 5.92 Å². The van der Waals surface area contributed by atoms with Gasteiger partial charge in [0.25, 0.3) is 0 Å². The minimum absolute atomic E-state index is 0.0194. The second-order valence-corrected chi connectivity index (χ2v) is 8.47. The van der Waals surface area contributed by atoms with Gasteiger partial charge in [0.15, 0.2) is 0 Å². The van der Waals surface area contributed by atoms with Crippen molar-refractivity contribution < 1.29 is 14.1 Å². The van der Waals surface area contributed by atoms with Crippen LogP contribution in [-0.2, 0) is 16.0 Å². The molecule has 0 unspecified atom stereocenters. The SMILES string of the molecule is CCc1nc(-c2ccc(N3CCN(C(=O)[C@H]4CC(=O)N(c5ccccc5)C4)CC3)cc2)no1. The highest BCUT2D eigenvalue weighted by molar-refractivity contribution is 6.00. The number of rotatable bonds is 5. The quantitative estimate of drug-likeness (QED) is 0.601. The summed E-state index contributed by atoms with van der Waals surface area (Å²) in [5, 5.41) is 4.03. The minimum atomic E-state index is -0.272. The minimum Gasteiger partial charge on any atom is -0.368 e. The zero-order valence-corrected chi connectivity index (χ0v) is 18.7. The molecular weight excluding hydrogens is 418 g/mol. The summed E-state index contributed by atoms with van der Waals surface area (Å²) in [7, 11) is 0. The van der Waals surface area contributed by atoms with Crippen LogP contribution in [0.4, 0.5) is 11.4 Å². The average molecular weight is 446 g/mol. The van der Waals surface area contributed by atoms with E-state index in [0.717, 1.165) is 30.0 Å². The van der Waals surface area contributed by atoms with Crippen molar-refractivity contribution in [3.8, 4) is 11.4 Å². The van der Waals surface area contributed by atoms with Gasteiger partial charge in [-0.15, -0.1) is 0 Å². The molecule has 0 spiro atoms. The monoisotopic (exact) mass is 445 g/mol. The number of aromatic nitrogens is 2. The molecule has 3 heterocycles. The van der Waals surface area contributed by atoms with E-state index in [2.05, 4.69) is 27.2 Å². The van der Waals surface area contributed by atoms with E-state index in [1.807, 2.05) is 54.3 Å². The van der Waals surface area contributed by atoms with Crippen molar-refractivity contribution in [1.82, 2.24) is 15.0 Å². The normalized spacial score (nSPS) is 18.8. The predicted octanol–water partition coefficient (Wildman–Crippen LogP) is 3.00. The van der Waals surface area contributed by atoms with Crippen molar-refractivity contribution in [3.05, 3.63) is 60.5 Å². The van der Waals surface area contributed by atoms with Gasteiger partial charge in [-0.05, 0) is 36.4 Å². The lowest BCUT2D eigenvalue weighted by Crippen LogP contribution is -2.50. The first-order valence-electron chi connectivity index (χ1n) is 11.4. The Morgan fingerprint density at radius 2 is 1.73 bits per heavy atom. The van der Waals surface area contributed by atoms with Gasteiger partial charge in [-0.2, -0.15) is 4.98 Å². The van der Waals surface area contributed by atoms with E-state index in [4.69, 9.17) is 4.52 Å². The predicted molar refractivity (Wildman–Crippen MR) is 125 cm³/mol. The van der Waals surface area contributed by atoms with E-state index < -0.39 is 0 Å². The van der Waals surface area contributed by atoms with Crippen LogP contribution < -0.4 is 9.80 Å². The molecule has 2 amide bonds. The molecule has 0 radical (unpaired) electrons. The highest BCUT2D eigenvalue weighted by Gasteiger charge is 2.37. The number of benzene rings is 2. The number of para-hydroxylation sites is 1. The van der Waals surface area contributed by atoms with Gasteiger partial charge in [0.1, 0.15) is 0 Å². The van der Waals surface area contributed by atoms with Gasteiger partial charge in [-0.1, -0.05) is 30.3 Å². The Morgan fingerprint density at radius 3 is 2.39 bits per heavy atom. The lowest BCUT2D eigenvalue weighted by atomic mass is 10.1. The first kappa shape index (κ1) is 21.2. The molecule has 0 N–H and O–H groups in total. The molecule has 2 aliphatic rings. The molecule has 33 heavy (non-hydrogen) atoms. The molecule has 1 atom stereocenters. The summed E-state index contributed by atoms with van der Waals surface area (Å²) in [5.41, 5.74) is 2.89. The first-order chi connectivity index (χ1) is 16.1. The van der Waals surface area contributed by atoms with Crippen LogP contribution in [0.3, 0.4) is 0 Å². The van der Waals surface area contributed by atoms with Crippen LogP contribution >= 0.6 is 0 Å². The third-order valence-electron chi connectivity index (χ3n) is 6.39. The molecule has 0 aliphatic carbocycles. The largest absolute Gasteiger partial charge is 0.368 e. The number of piperazine rings is 1. The number of nitrogens with zero attached hydrogens (tertiary/aromatic N) is 5. The number of aryl methyl sites for hydroxylation is 1. The lowest BCUT2D eigenvalue weighted by molar-refractivity contribution is -0.136. The summed E-state index contributed by atoms with van der Waals surface area (Å²) < 4.78 is 5.20. The number of amides is 2. The zero-order valence-electron chi connectivity index (χ0n) is 18.7. The van der Waals surface area contributed by atoms with Crippen molar-refractivity contribution in [2.45, 2.75) is 19.8 Å². The fraction of sp³-hybridized carbons (Fsp3) is 0.360. The highest BCUT2D eigenvalue weighted by atomic mass is 16.5. The summed E-state index contributed by atoms with van der Waals surface area (Å²) in [6.45, 7) is 5.27. The van der Waals surface area contributed by atoms with Crippen LogP contribution in [-0.4, -0.2) is 59.6 Å². The summed E-state index contributed by atoms with van der Waals surface area (Å²) in [6.07, 6.45) is 0.999. The second-order valence-electron chi connectivity index (χ2n) is 8.47. The average Bonchev–Trinajstić information content (AvgIpc) is 3.51. The molecular formula is C25H27N5O3. The van der Waals surface area contributed by atoms with E-state index in [9.17, 15) is 9.59 Å². The highest BCUT2D eigenvalue weighted by Crippen LogP contribution is 2.27. The van der Waals surface area contributed by atoms with Crippen LogP contribution in [0.1, 0.15) is 19.2 Å². The van der Waals surface area contributed by atoms with E-state index in [1.165, 1.54) is 0 Å². The molecule has 8 nitrogen and oxygen atoms in total. The van der Waals surface area contributed by atoms with Crippen LogP contribution in [0.2, 0.25) is 0 Å². The molecule has 2 fully saturated rings. The Hall–Kier alpha value is -3.68.